The summed E-state index contributed by atoms with van der Waals surface area (Å²) in [6, 6.07) is -1.47. The molecule has 0 aromatic heterocycles. The van der Waals surface area contributed by atoms with Crippen LogP contribution in [0.2, 0.25) is 0 Å². The minimum Gasteiger partial charge on any atom is -0.324 e. The third-order valence-electron chi connectivity index (χ3n) is 2.99. The molecule has 1 fully saturated rings. The first-order chi connectivity index (χ1) is 7.28. The van der Waals surface area contributed by atoms with E-state index >= 15 is 0 Å². The van der Waals surface area contributed by atoms with Crippen molar-refractivity contribution in [1.29, 1.82) is 0 Å². The van der Waals surface area contributed by atoms with E-state index in [0.29, 0.717) is 19.6 Å². The van der Waals surface area contributed by atoms with Gasteiger partial charge in [-0.25, -0.2) is 0 Å². The van der Waals surface area contributed by atoms with E-state index in [1.165, 1.54) is 0 Å². The summed E-state index contributed by atoms with van der Waals surface area (Å²) < 4.78 is 10.4. The van der Waals surface area contributed by atoms with Gasteiger partial charge in [-0.05, 0) is 6.42 Å². The third-order valence-corrected chi connectivity index (χ3v) is 2.99. The van der Waals surface area contributed by atoms with Crippen molar-refractivity contribution in [1.82, 2.24) is 0 Å². The van der Waals surface area contributed by atoms with Crippen LogP contribution >= 0.6 is 0 Å². The highest BCUT2D eigenvalue weighted by Crippen LogP contribution is 2.32. The topological polar surface area (TPSA) is 87.6 Å². The second kappa shape index (κ2) is 4.79. The highest BCUT2D eigenvalue weighted by molar-refractivity contribution is 5.80. The van der Waals surface area contributed by atoms with E-state index in [-0.39, 0.29) is 17.1 Å². The maximum atomic E-state index is 11.5. The van der Waals surface area contributed by atoms with Gasteiger partial charge in [0.2, 0.25) is 0 Å². The summed E-state index contributed by atoms with van der Waals surface area (Å²) in [4.78, 5) is 11.5. The Labute approximate surface area is 96.5 Å². The number of rotatable bonds is 4. The van der Waals surface area contributed by atoms with Crippen molar-refractivity contribution >= 4 is 5.78 Å². The van der Waals surface area contributed by atoms with Gasteiger partial charge in [-0.15, -0.1) is 0 Å². The van der Waals surface area contributed by atoms with E-state index in [9.17, 15) is 4.79 Å². The van der Waals surface area contributed by atoms with E-state index < -0.39 is 6.03 Å². The predicted octanol–water partition coefficient (Wildman–Crippen LogP) is 0.574. The fourth-order valence-electron chi connectivity index (χ4n) is 1.98. The van der Waals surface area contributed by atoms with Crippen LogP contribution in [-0.2, 0) is 14.3 Å². The smallest absolute Gasteiger partial charge is 0.286 e. The molecule has 16 heavy (non-hydrogen) atoms. The first-order valence-corrected chi connectivity index (χ1v) is 5.66. The molecule has 5 nitrogen and oxygen atoms in total. The monoisotopic (exact) mass is 230 g/mol. The zero-order chi connectivity index (χ0) is 12.4. The lowest BCUT2D eigenvalue weighted by atomic mass is 9.80. The van der Waals surface area contributed by atoms with Crippen molar-refractivity contribution in [2.24, 2.45) is 22.8 Å². The number of carbonyl (C=O) groups excluding carboxylic acids is 1. The Hall–Kier alpha value is -0.490. The van der Waals surface area contributed by atoms with Crippen molar-refractivity contribution in [3.8, 4) is 0 Å². The molecule has 1 atom stereocenters. The molecule has 1 heterocycles. The second-order valence-corrected chi connectivity index (χ2v) is 5.03. The summed E-state index contributed by atoms with van der Waals surface area (Å²) >= 11 is 0. The van der Waals surface area contributed by atoms with E-state index in [1.807, 2.05) is 20.8 Å². The lowest BCUT2D eigenvalue weighted by Crippen LogP contribution is -2.60. The maximum Gasteiger partial charge on any atom is 0.286 e. The number of ether oxygens (including phenoxy) is 2. The van der Waals surface area contributed by atoms with Crippen molar-refractivity contribution in [2.75, 3.05) is 13.2 Å². The van der Waals surface area contributed by atoms with Crippen LogP contribution in [-0.4, -0.2) is 25.0 Å². The second-order valence-electron chi connectivity index (χ2n) is 5.03. The SMILES string of the molecule is CCC(=O)C(C)CC1(C)COC(N)(N)OC1. The first-order valence-electron chi connectivity index (χ1n) is 5.66. The van der Waals surface area contributed by atoms with Gasteiger partial charge in [-0.2, -0.15) is 0 Å². The zero-order valence-corrected chi connectivity index (χ0v) is 10.3. The Bertz CT molecular complexity index is 256. The highest BCUT2D eigenvalue weighted by atomic mass is 16.7. The summed E-state index contributed by atoms with van der Waals surface area (Å²) in [6.07, 6.45) is 1.30. The van der Waals surface area contributed by atoms with Crippen LogP contribution in [0.15, 0.2) is 0 Å². The molecule has 94 valence electrons. The fraction of sp³-hybridized carbons (Fsp3) is 0.909. The number of hydrogen-bond donors (Lipinski definition) is 2. The van der Waals surface area contributed by atoms with Gasteiger partial charge in [0.1, 0.15) is 5.78 Å². The molecule has 0 radical (unpaired) electrons. The van der Waals surface area contributed by atoms with E-state index in [4.69, 9.17) is 20.9 Å². The molecule has 0 aromatic carbocycles. The Balaban J connectivity index is 2.51. The van der Waals surface area contributed by atoms with Gasteiger partial charge < -0.3 is 9.47 Å². The van der Waals surface area contributed by atoms with Crippen molar-refractivity contribution in [3.63, 3.8) is 0 Å². The summed E-state index contributed by atoms with van der Waals surface area (Å²) in [5.74, 6) is 0.281. The van der Waals surface area contributed by atoms with E-state index in [2.05, 4.69) is 0 Å². The first kappa shape index (κ1) is 13.6. The van der Waals surface area contributed by atoms with Gasteiger partial charge in [0, 0.05) is 17.8 Å². The number of nitrogens with two attached hydrogens (primary N) is 2. The van der Waals surface area contributed by atoms with Crippen LogP contribution in [0, 0.1) is 11.3 Å². The van der Waals surface area contributed by atoms with Crippen molar-refractivity contribution in [3.05, 3.63) is 0 Å². The molecule has 4 N–H and O–H groups in total. The Morgan fingerprint density at radius 2 is 1.88 bits per heavy atom. The molecule has 1 aliphatic heterocycles. The summed E-state index contributed by atoms with van der Waals surface area (Å²) in [5, 5.41) is 0. The highest BCUT2D eigenvalue weighted by Gasteiger charge is 2.39. The molecule has 1 unspecified atom stereocenters. The molecule has 0 amide bonds. The largest absolute Gasteiger partial charge is 0.324 e. The minimum absolute atomic E-state index is 0.0187. The molecule has 0 spiro atoms. The molecular formula is C11H22N2O3. The Kier molecular flexibility index (Phi) is 4.07. The van der Waals surface area contributed by atoms with Crippen LogP contribution in [0.25, 0.3) is 0 Å². The molecule has 1 rings (SSSR count). The lowest BCUT2D eigenvalue weighted by molar-refractivity contribution is -0.297. The van der Waals surface area contributed by atoms with Crippen LogP contribution in [0.1, 0.15) is 33.6 Å². The molecule has 0 bridgehead atoms. The quantitative estimate of drug-likeness (QED) is 0.689. The average Bonchev–Trinajstić information content (AvgIpc) is 2.22. The predicted molar refractivity (Wildman–Crippen MR) is 60.2 cm³/mol. The van der Waals surface area contributed by atoms with Gasteiger partial charge >= 0.3 is 0 Å². The van der Waals surface area contributed by atoms with Crippen molar-refractivity contribution in [2.45, 2.75) is 39.6 Å². The summed E-state index contributed by atoms with van der Waals surface area (Å²) in [6.45, 7) is 6.66. The number of carbonyl (C=O) groups is 1. The molecule has 1 saturated heterocycles. The number of Topliss-reactive ketones (excluding diaryl/α,β-unsaturated/α-hetero) is 1. The summed E-state index contributed by atoms with van der Waals surface area (Å²) in [5.41, 5.74) is 10.8. The molecule has 5 heteroatoms. The molecular weight excluding hydrogens is 208 g/mol. The maximum absolute atomic E-state index is 11.5. The van der Waals surface area contributed by atoms with E-state index in [0.717, 1.165) is 6.42 Å². The van der Waals surface area contributed by atoms with Crippen molar-refractivity contribution < 1.29 is 14.3 Å². The molecule has 0 aliphatic carbocycles. The number of hydrogen-bond acceptors (Lipinski definition) is 5. The Morgan fingerprint density at radius 1 is 1.38 bits per heavy atom. The van der Waals surface area contributed by atoms with Gasteiger partial charge in [0.15, 0.2) is 0 Å². The molecule has 0 aromatic rings. The minimum atomic E-state index is -1.47. The average molecular weight is 230 g/mol. The molecule has 1 aliphatic rings. The van der Waals surface area contributed by atoms with Gasteiger partial charge in [-0.3, -0.25) is 16.3 Å². The molecule has 0 saturated carbocycles. The van der Waals surface area contributed by atoms with Crippen LogP contribution in [0.5, 0.6) is 0 Å². The van der Waals surface area contributed by atoms with Crippen LogP contribution in [0.4, 0.5) is 0 Å². The van der Waals surface area contributed by atoms with Gasteiger partial charge in [0.25, 0.3) is 6.03 Å². The third kappa shape index (κ3) is 3.52. The number of ketones is 1. The van der Waals surface area contributed by atoms with E-state index in [1.54, 1.807) is 0 Å². The standard InChI is InChI=1S/C11H22N2O3/c1-4-9(14)8(2)5-10(3)6-15-11(12,13)16-7-10/h8H,4-7,12-13H2,1-3H3. The fourth-order valence-corrected chi connectivity index (χ4v) is 1.98. The normalized spacial score (nSPS) is 25.1. The zero-order valence-electron chi connectivity index (χ0n) is 10.3. The van der Waals surface area contributed by atoms with Gasteiger partial charge in [-0.1, -0.05) is 20.8 Å². The van der Waals surface area contributed by atoms with Crippen LogP contribution in [0.3, 0.4) is 0 Å². The van der Waals surface area contributed by atoms with Crippen LogP contribution < -0.4 is 11.5 Å². The van der Waals surface area contributed by atoms with Gasteiger partial charge in [0.05, 0.1) is 13.2 Å². The Morgan fingerprint density at radius 3 is 2.31 bits per heavy atom. The summed E-state index contributed by atoms with van der Waals surface area (Å²) in [7, 11) is 0. The lowest BCUT2D eigenvalue weighted by Gasteiger charge is -2.41.